The highest BCUT2D eigenvalue weighted by atomic mass is 32.1. The third kappa shape index (κ3) is 6.58. The van der Waals surface area contributed by atoms with Gasteiger partial charge in [-0.05, 0) is 56.1 Å². The number of rotatable bonds is 8. The maximum atomic E-state index is 12.4. The van der Waals surface area contributed by atoms with Gasteiger partial charge in [0.05, 0.1) is 5.69 Å². The van der Waals surface area contributed by atoms with Crippen molar-refractivity contribution >= 4 is 29.0 Å². The Morgan fingerprint density at radius 3 is 2.48 bits per heavy atom. The molecule has 0 bridgehead atoms. The molecule has 0 aliphatic heterocycles. The molecule has 3 heterocycles. The number of nitrogens with zero attached hydrogens (tertiary/aromatic N) is 4. The Balaban J connectivity index is 1.30. The van der Waals surface area contributed by atoms with Gasteiger partial charge in [-0.2, -0.15) is 0 Å². The van der Waals surface area contributed by atoms with E-state index in [4.69, 9.17) is 4.74 Å². The maximum Gasteiger partial charge on any atom is 0.326 e. The number of anilines is 2. The van der Waals surface area contributed by atoms with Crippen LogP contribution in [0.5, 0.6) is 5.75 Å². The lowest BCUT2D eigenvalue weighted by Crippen LogP contribution is -2.20. The number of urea groups is 1. The molecule has 0 atom stereocenters. The van der Waals surface area contributed by atoms with E-state index in [1.54, 1.807) is 23.8 Å². The molecule has 4 aromatic rings. The standard InChI is InChI=1S/C24H24N6O2S/c1-30(2)14-17-6-8-20(9-7-17)32-15-19-4-3-5-21(26-19)28-24(31)29-22-16-33-23(27-22)18-10-12-25-13-11-18/h3-13,16H,14-15H2,1-2H3,(H2,26,28,29,31). The second-order valence-corrected chi connectivity index (χ2v) is 8.40. The Bertz CT molecular complexity index is 1200. The van der Waals surface area contributed by atoms with Crippen LogP contribution in [0.15, 0.2) is 72.4 Å². The Labute approximate surface area is 196 Å². The molecule has 8 nitrogen and oxygen atoms in total. The van der Waals surface area contributed by atoms with Crippen LogP contribution in [0, 0.1) is 0 Å². The van der Waals surface area contributed by atoms with Gasteiger partial charge in [0.25, 0.3) is 0 Å². The lowest BCUT2D eigenvalue weighted by atomic mass is 10.2. The molecule has 0 fully saturated rings. The van der Waals surface area contributed by atoms with E-state index >= 15 is 0 Å². The first-order chi connectivity index (χ1) is 16.0. The summed E-state index contributed by atoms with van der Waals surface area (Å²) in [4.78, 5) is 27.4. The van der Waals surface area contributed by atoms with Gasteiger partial charge in [-0.1, -0.05) is 18.2 Å². The smallest absolute Gasteiger partial charge is 0.326 e. The molecular formula is C24H24N6O2S. The van der Waals surface area contributed by atoms with E-state index < -0.39 is 6.03 Å². The summed E-state index contributed by atoms with van der Waals surface area (Å²) < 4.78 is 5.83. The van der Waals surface area contributed by atoms with Crippen LogP contribution in [0.3, 0.4) is 0 Å². The fraction of sp³-hybridized carbons (Fsp3) is 0.167. The minimum Gasteiger partial charge on any atom is -0.487 e. The van der Waals surface area contributed by atoms with E-state index in [2.05, 4.69) is 30.5 Å². The van der Waals surface area contributed by atoms with Crippen molar-refractivity contribution in [3.63, 3.8) is 0 Å². The van der Waals surface area contributed by atoms with Gasteiger partial charge in [-0.3, -0.25) is 15.6 Å². The monoisotopic (exact) mass is 460 g/mol. The summed E-state index contributed by atoms with van der Waals surface area (Å²) in [7, 11) is 4.07. The third-order valence-corrected chi connectivity index (χ3v) is 5.42. The summed E-state index contributed by atoms with van der Waals surface area (Å²) in [5, 5.41) is 8.07. The molecule has 0 aliphatic rings. The van der Waals surface area contributed by atoms with E-state index in [0.29, 0.717) is 23.9 Å². The highest BCUT2D eigenvalue weighted by Gasteiger charge is 2.09. The number of nitrogens with one attached hydrogen (secondary N) is 2. The number of thiazole rings is 1. The lowest BCUT2D eigenvalue weighted by molar-refractivity contribution is 0.262. The zero-order chi connectivity index (χ0) is 23.0. The highest BCUT2D eigenvalue weighted by Crippen LogP contribution is 2.25. The summed E-state index contributed by atoms with van der Waals surface area (Å²) in [5.74, 6) is 1.67. The number of hydrogen-bond donors (Lipinski definition) is 2. The summed E-state index contributed by atoms with van der Waals surface area (Å²) in [5.41, 5.74) is 2.87. The Morgan fingerprint density at radius 1 is 0.970 bits per heavy atom. The second kappa shape index (κ2) is 10.7. The number of benzene rings is 1. The van der Waals surface area contributed by atoms with E-state index in [1.165, 1.54) is 16.9 Å². The summed E-state index contributed by atoms with van der Waals surface area (Å²) in [6.07, 6.45) is 3.41. The Kier molecular flexibility index (Phi) is 7.23. The molecule has 33 heavy (non-hydrogen) atoms. The molecule has 4 rings (SSSR count). The first-order valence-electron chi connectivity index (χ1n) is 10.3. The van der Waals surface area contributed by atoms with Crippen molar-refractivity contribution in [1.29, 1.82) is 0 Å². The van der Waals surface area contributed by atoms with Crippen LogP contribution in [0.4, 0.5) is 16.4 Å². The maximum absolute atomic E-state index is 12.4. The van der Waals surface area contributed by atoms with Crippen LogP contribution >= 0.6 is 11.3 Å². The number of carbonyl (C=O) groups excluding carboxylic acids is 1. The van der Waals surface area contributed by atoms with Gasteiger partial charge >= 0.3 is 6.03 Å². The quantitative estimate of drug-likeness (QED) is 0.389. The summed E-state index contributed by atoms with van der Waals surface area (Å²) in [6, 6.07) is 16.7. The first kappa shape index (κ1) is 22.4. The van der Waals surface area contributed by atoms with Crippen molar-refractivity contribution in [2.75, 3.05) is 24.7 Å². The van der Waals surface area contributed by atoms with Crippen LogP contribution in [0.1, 0.15) is 11.3 Å². The molecule has 2 amide bonds. The fourth-order valence-corrected chi connectivity index (χ4v) is 3.82. The van der Waals surface area contributed by atoms with E-state index in [9.17, 15) is 4.79 Å². The van der Waals surface area contributed by atoms with Crippen LogP contribution in [-0.2, 0) is 13.2 Å². The van der Waals surface area contributed by atoms with Crippen LogP contribution in [-0.4, -0.2) is 40.0 Å². The zero-order valence-electron chi connectivity index (χ0n) is 18.4. The lowest BCUT2D eigenvalue weighted by Gasteiger charge is -2.11. The molecule has 0 saturated heterocycles. The van der Waals surface area contributed by atoms with E-state index in [1.807, 2.05) is 62.6 Å². The van der Waals surface area contributed by atoms with Gasteiger partial charge in [-0.25, -0.2) is 14.8 Å². The van der Waals surface area contributed by atoms with Gasteiger partial charge in [-0.15, -0.1) is 11.3 Å². The molecule has 168 valence electrons. The van der Waals surface area contributed by atoms with Gasteiger partial charge < -0.3 is 9.64 Å². The average Bonchev–Trinajstić information content (AvgIpc) is 3.27. The summed E-state index contributed by atoms with van der Waals surface area (Å²) >= 11 is 1.45. The predicted molar refractivity (Wildman–Crippen MR) is 130 cm³/mol. The number of ether oxygens (including phenoxy) is 1. The minimum atomic E-state index is -0.413. The van der Waals surface area contributed by atoms with Gasteiger partial charge in [0.15, 0.2) is 0 Å². The molecule has 0 saturated carbocycles. The number of pyridine rings is 2. The number of aromatic nitrogens is 3. The number of carbonyl (C=O) groups is 1. The first-order valence-corrected chi connectivity index (χ1v) is 11.2. The zero-order valence-corrected chi connectivity index (χ0v) is 19.2. The normalized spacial score (nSPS) is 10.8. The van der Waals surface area contributed by atoms with E-state index in [0.717, 1.165) is 22.9 Å². The van der Waals surface area contributed by atoms with Gasteiger partial charge in [0.1, 0.15) is 29.0 Å². The van der Waals surface area contributed by atoms with Crippen molar-refractivity contribution < 1.29 is 9.53 Å². The van der Waals surface area contributed by atoms with Crippen molar-refractivity contribution in [1.82, 2.24) is 19.9 Å². The summed E-state index contributed by atoms with van der Waals surface area (Å²) in [6.45, 7) is 1.18. The molecule has 3 aromatic heterocycles. The van der Waals surface area contributed by atoms with Gasteiger partial charge in [0, 0.05) is 29.9 Å². The fourth-order valence-electron chi connectivity index (χ4n) is 3.07. The predicted octanol–water partition coefficient (Wildman–Crippen LogP) is 4.88. The van der Waals surface area contributed by atoms with E-state index in [-0.39, 0.29) is 0 Å². The van der Waals surface area contributed by atoms with Crippen molar-refractivity contribution in [3.8, 4) is 16.3 Å². The molecule has 9 heteroatoms. The van der Waals surface area contributed by atoms with Crippen molar-refractivity contribution in [2.45, 2.75) is 13.2 Å². The highest BCUT2D eigenvalue weighted by molar-refractivity contribution is 7.13. The number of amides is 2. The second-order valence-electron chi connectivity index (χ2n) is 7.54. The topological polar surface area (TPSA) is 92.3 Å². The van der Waals surface area contributed by atoms with Gasteiger partial charge in [0.2, 0.25) is 0 Å². The van der Waals surface area contributed by atoms with Crippen LogP contribution < -0.4 is 15.4 Å². The van der Waals surface area contributed by atoms with Crippen molar-refractivity contribution in [3.05, 3.63) is 83.6 Å². The minimum absolute atomic E-state index is 0.297. The van der Waals surface area contributed by atoms with Crippen LogP contribution in [0.2, 0.25) is 0 Å². The Morgan fingerprint density at radius 2 is 1.73 bits per heavy atom. The van der Waals surface area contributed by atoms with Crippen molar-refractivity contribution in [2.24, 2.45) is 0 Å². The molecule has 0 aliphatic carbocycles. The van der Waals surface area contributed by atoms with Crippen LogP contribution in [0.25, 0.3) is 10.6 Å². The number of hydrogen-bond acceptors (Lipinski definition) is 7. The SMILES string of the molecule is CN(C)Cc1ccc(OCc2cccc(NC(=O)Nc3csc(-c4ccncc4)n3)n2)cc1. The molecule has 1 aromatic carbocycles. The molecular weight excluding hydrogens is 436 g/mol. The molecule has 2 N–H and O–H groups in total. The largest absolute Gasteiger partial charge is 0.487 e. The molecule has 0 radical (unpaired) electrons. The average molecular weight is 461 g/mol. The molecule has 0 spiro atoms. The Hall–Kier alpha value is -3.82. The third-order valence-electron chi connectivity index (χ3n) is 4.53. The molecule has 0 unspecified atom stereocenters.